The third-order valence-electron chi connectivity index (χ3n) is 3.73. The second kappa shape index (κ2) is 5.69. The molecule has 110 valence electrons. The Labute approximate surface area is 124 Å². The average Bonchev–Trinajstić information content (AvgIpc) is 3.06. The normalized spacial score (nSPS) is 11.6. The zero-order chi connectivity index (χ0) is 14.8. The molecule has 1 aromatic carbocycles. The molecule has 0 aliphatic heterocycles. The summed E-state index contributed by atoms with van der Waals surface area (Å²) in [5, 5.41) is 5.58. The minimum Gasteiger partial charge on any atom is -0.340 e. The Bertz CT molecular complexity index is 738. The van der Waals surface area contributed by atoms with Crippen LogP contribution in [0.25, 0.3) is 10.9 Å². The van der Waals surface area contributed by atoms with Crippen LogP contribution in [0.2, 0.25) is 0 Å². The van der Waals surface area contributed by atoms with Crippen LogP contribution in [0.1, 0.15) is 31.3 Å². The molecule has 0 aliphatic carbocycles. The lowest BCUT2D eigenvalue weighted by molar-refractivity contribution is 0.498. The van der Waals surface area contributed by atoms with Crippen LogP contribution in [0.15, 0.2) is 36.8 Å². The number of rotatable bonds is 5. The Hall–Kier alpha value is -2.14. The standard InChI is InChI=1S/C16H21N5/c1-12(2)21-16(18-11-19-21)10-20-9-13(7-8-17)14-5-3-4-6-15(14)20/h3-6,9,11-12H,7-8,10,17H2,1-2H3. The van der Waals surface area contributed by atoms with E-state index in [1.54, 1.807) is 6.33 Å². The molecule has 2 N–H and O–H groups in total. The van der Waals surface area contributed by atoms with Crippen LogP contribution < -0.4 is 5.73 Å². The van der Waals surface area contributed by atoms with Gasteiger partial charge in [-0.05, 0) is 38.4 Å². The van der Waals surface area contributed by atoms with Crippen LogP contribution in [0, 0.1) is 0 Å². The van der Waals surface area contributed by atoms with Gasteiger partial charge in [0.1, 0.15) is 12.2 Å². The third-order valence-corrected chi connectivity index (χ3v) is 3.73. The molecule has 5 nitrogen and oxygen atoms in total. The second-order valence-corrected chi connectivity index (χ2v) is 5.55. The lowest BCUT2D eigenvalue weighted by Gasteiger charge is -2.10. The van der Waals surface area contributed by atoms with Gasteiger partial charge in [0.05, 0.1) is 6.54 Å². The number of para-hydroxylation sites is 1. The number of aromatic nitrogens is 4. The summed E-state index contributed by atoms with van der Waals surface area (Å²) in [7, 11) is 0. The van der Waals surface area contributed by atoms with Gasteiger partial charge in [0.25, 0.3) is 0 Å². The summed E-state index contributed by atoms with van der Waals surface area (Å²) in [6.07, 6.45) is 4.71. The molecule has 2 heterocycles. The van der Waals surface area contributed by atoms with Crippen LogP contribution in [0.3, 0.4) is 0 Å². The molecule has 0 radical (unpaired) electrons. The maximum atomic E-state index is 5.72. The summed E-state index contributed by atoms with van der Waals surface area (Å²) in [4.78, 5) is 4.40. The predicted molar refractivity (Wildman–Crippen MR) is 84.2 cm³/mol. The van der Waals surface area contributed by atoms with Gasteiger partial charge in [-0.2, -0.15) is 5.10 Å². The highest BCUT2D eigenvalue weighted by Gasteiger charge is 2.12. The van der Waals surface area contributed by atoms with Gasteiger partial charge in [0.15, 0.2) is 0 Å². The molecule has 0 atom stereocenters. The molecule has 2 aromatic heterocycles. The monoisotopic (exact) mass is 283 g/mol. The van der Waals surface area contributed by atoms with E-state index in [9.17, 15) is 0 Å². The molecule has 0 fully saturated rings. The van der Waals surface area contributed by atoms with Crippen LogP contribution in [-0.4, -0.2) is 25.9 Å². The second-order valence-electron chi connectivity index (χ2n) is 5.55. The van der Waals surface area contributed by atoms with Crippen molar-refractivity contribution in [2.24, 2.45) is 5.73 Å². The van der Waals surface area contributed by atoms with E-state index in [1.807, 2.05) is 4.68 Å². The van der Waals surface area contributed by atoms with Crippen molar-refractivity contribution in [1.82, 2.24) is 19.3 Å². The van der Waals surface area contributed by atoms with Crippen LogP contribution in [0.5, 0.6) is 0 Å². The van der Waals surface area contributed by atoms with Crippen molar-refractivity contribution in [3.8, 4) is 0 Å². The van der Waals surface area contributed by atoms with E-state index in [1.165, 1.54) is 16.5 Å². The van der Waals surface area contributed by atoms with Gasteiger partial charge in [-0.1, -0.05) is 18.2 Å². The van der Waals surface area contributed by atoms with Crippen molar-refractivity contribution >= 4 is 10.9 Å². The smallest absolute Gasteiger partial charge is 0.147 e. The van der Waals surface area contributed by atoms with Crippen molar-refractivity contribution in [2.75, 3.05) is 6.54 Å². The molecule has 3 rings (SSSR count). The number of hydrogen-bond donors (Lipinski definition) is 1. The molecular formula is C16H21N5. The van der Waals surface area contributed by atoms with E-state index in [0.717, 1.165) is 18.8 Å². The Balaban J connectivity index is 2.02. The van der Waals surface area contributed by atoms with Gasteiger partial charge >= 0.3 is 0 Å². The first-order valence-electron chi connectivity index (χ1n) is 7.36. The molecule has 0 bridgehead atoms. The maximum absolute atomic E-state index is 5.72. The fraction of sp³-hybridized carbons (Fsp3) is 0.375. The first-order valence-corrected chi connectivity index (χ1v) is 7.36. The van der Waals surface area contributed by atoms with E-state index in [-0.39, 0.29) is 0 Å². The fourth-order valence-electron chi connectivity index (χ4n) is 2.78. The van der Waals surface area contributed by atoms with Crippen molar-refractivity contribution in [3.63, 3.8) is 0 Å². The molecule has 21 heavy (non-hydrogen) atoms. The zero-order valence-corrected chi connectivity index (χ0v) is 12.5. The van der Waals surface area contributed by atoms with E-state index in [4.69, 9.17) is 5.73 Å². The summed E-state index contributed by atoms with van der Waals surface area (Å²) in [5.41, 5.74) is 8.24. The minimum atomic E-state index is 0.313. The Morgan fingerprint density at radius 3 is 2.81 bits per heavy atom. The molecule has 0 spiro atoms. The quantitative estimate of drug-likeness (QED) is 0.782. The fourth-order valence-corrected chi connectivity index (χ4v) is 2.78. The van der Waals surface area contributed by atoms with Gasteiger partial charge in [-0.3, -0.25) is 0 Å². The van der Waals surface area contributed by atoms with Crippen LogP contribution in [-0.2, 0) is 13.0 Å². The van der Waals surface area contributed by atoms with E-state index in [0.29, 0.717) is 12.6 Å². The zero-order valence-electron chi connectivity index (χ0n) is 12.5. The number of hydrogen-bond acceptors (Lipinski definition) is 3. The topological polar surface area (TPSA) is 61.7 Å². The van der Waals surface area contributed by atoms with Crippen molar-refractivity contribution < 1.29 is 0 Å². The summed E-state index contributed by atoms with van der Waals surface area (Å²) in [5.74, 6) is 0.977. The van der Waals surface area contributed by atoms with Crippen LogP contribution >= 0.6 is 0 Å². The van der Waals surface area contributed by atoms with Gasteiger partial charge in [-0.25, -0.2) is 9.67 Å². The third kappa shape index (κ3) is 2.56. The molecule has 5 heteroatoms. The Kier molecular flexibility index (Phi) is 3.75. The van der Waals surface area contributed by atoms with E-state index in [2.05, 4.69) is 59.0 Å². The van der Waals surface area contributed by atoms with E-state index < -0.39 is 0 Å². The Morgan fingerprint density at radius 1 is 1.24 bits per heavy atom. The Morgan fingerprint density at radius 2 is 2.05 bits per heavy atom. The highest BCUT2D eigenvalue weighted by Crippen LogP contribution is 2.22. The summed E-state index contributed by atoms with van der Waals surface area (Å²) < 4.78 is 4.21. The summed E-state index contributed by atoms with van der Waals surface area (Å²) in [6.45, 7) is 5.62. The van der Waals surface area contributed by atoms with E-state index >= 15 is 0 Å². The van der Waals surface area contributed by atoms with Crippen molar-refractivity contribution in [3.05, 3.63) is 48.2 Å². The number of benzene rings is 1. The summed E-state index contributed by atoms with van der Waals surface area (Å²) in [6, 6.07) is 8.75. The van der Waals surface area contributed by atoms with Gasteiger partial charge < -0.3 is 10.3 Å². The molecule has 0 saturated heterocycles. The average molecular weight is 283 g/mol. The molecular weight excluding hydrogens is 262 g/mol. The summed E-state index contributed by atoms with van der Waals surface area (Å²) >= 11 is 0. The van der Waals surface area contributed by atoms with Gasteiger partial charge in [-0.15, -0.1) is 0 Å². The highest BCUT2D eigenvalue weighted by atomic mass is 15.4. The number of fused-ring (bicyclic) bond motifs is 1. The maximum Gasteiger partial charge on any atom is 0.147 e. The molecule has 0 aliphatic rings. The first kappa shape index (κ1) is 13.8. The molecule has 3 aromatic rings. The minimum absolute atomic E-state index is 0.313. The lowest BCUT2D eigenvalue weighted by atomic mass is 10.1. The highest BCUT2D eigenvalue weighted by molar-refractivity contribution is 5.84. The number of nitrogens with two attached hydrogens (primary N) is 1. The van der Waals surface area contributed by atoms with Crippen molar-refractivity contribution in [2.45, 2.75) is 32.9 Å². The number of nitrogens with zero attached hydrogens (tertiary/aromatic N) is 4. The van der Waals surface area contributed by atoms with Gasteiger partial charge in [0.2, 0.25) is 0 Å². The molecule has 0 amide bonds. The predicted octanol–water partition coefficient (Wildman–Crippen LogP) is 2.36. The molecule has 0 unspecified atom stereocenters. The SMILES string of the molecule is CC(C)n1ncnc1Cn1cc(CCN)c2ccccc21. The molecule has 0 saturated carbocycles. The first-order chi connectivity index (χ1) is 10.2. The van der Waals surface area contributed by atoms with Crippen molar-refractivity contribution in [1.29, 1.82) is 0 Å². The van der Waals surface area contributed by atoms with Crippen LogP contribution in [0.4, 0.5) is 0 Å². The lowest BCUT2D eigenvalue weighted by Crippen LogP contribution is -2.11. The van der Waals surface area contributed by atoms with Gasteiger partial charge in [0, 0.05) is 23.1 Å². The largest absolute Gasteiger partial charge is 0.340 e.